The molecule has 0 atom stereocenters. The van der Waals surface area contributed by atoms with Crippen molar-refractivity contribution in [2.45, 2.75) is 38.5 Å². The molecule has 0 spiro atoms. The first-order valence-electron chi connectivity index (χ1n) is 8.85. The summed E-state index contributed by atoms with van der Waals surface area (Å²) >= 11 is 0. The quantitative estimate of drug-likeness (QED) is 0.376. The van der Waals surface area contributed by atoms with E-state index in [4.69, 9.17) is 0 Å². The Labute approximate surface area is 145 Å². The second-order valence-corrected chi connectivity index (χ2v) is 11.5. The van der Waals surface area contributed by atoms with Crippen LogP contribution in [-0.4, -0.2) is 79.0 Å². The molecule has 2 aliphatic heterocycles. The van der Waals surface area contributed by atoms with Gasteiger partial charge in [0.25, 0.3) is 0 Å². The number of nitrogens with one attached hydrogen (secondary N) is 2. The van der Waals surface area contributed by atoms with Crippen molar-refractivity contribution in [3.8, 4) is 0 Å². The lowest BCUT2D eigenvalue weighted by atomic mass is 10.4. The van der Waals surface area contributed by atoms with Gasteiger partial charge in [0.1, 0.15) is 0 Å². The van der Waals surface area contributed by atoms with Crippen LogP contribution in [0.3, 0.4) is 0 Å². The van der Waals surface area contributed by atoms with E-state index in [9.17, 15) is 16.8 Å². The van der Waals surface area contributed by atoms with Crippen LogP contribution in [0, 0.1) is 0 Å². The lowest BCUT2D eigenvalue weighted by Crippen LogP contribution is -2.41. The minimum Gasteiger partial charge on any atom is -0.303 e. The van der Waals surface area contributed by atoms with E-state index in [2.05, 4.69) is 19.2 Å². The van der Waals surface area contributed by atoms with Gasteiger partial charge < -0.3 is 9.80 Å². The molecule has 0 radical (unpaired) electrons. The Morgan fingerprint density at radius 3 is 1.29 bits per heavy atom. The van der Waals surface area contributed by atoms with E-state index in [0.29, 0.717) is 12.8 Å². The Bertz CT molecular complexity index is 516. The lowest BCUT2D eigenvalue weighted by Gasteiger charge is -2.15. The van der Waals surface area contributed by atoms with Gasteiger partial charge in [0, 0.05) is 13.1 Å². The fourth-order valence-corrected chi connectivity index (χ4v) is 5.70. The van der Waals surface area contributed by atoms with Crippen LogP contribution in [0.5, 0.6) is 0 Å². The van der Waals surface area contributed by atoms with Crippen LogP contribution in [0.4, 0.5) is 0 Å². The smallest absolute Gasteiger partial charge is 0.303 e. The molecule has 0 unspecified atom stereocenters. The van der Waals surface area contributed by atoms with Crippen molar-refractivity contribution in [1.29, 1.82) is 0 Å². The summed E-state index contributed by atoms with van der Waals surface area (Å²) < 4.78 is 52.0. The summed E-state index contributed by atoms with van der Waals surface area (Å²) in [6.07, 6.45) is 5.96. The molecule has 24 heavy (non-hydrogen) atoms. The zero-order valence-electron chi connectivity index (χ0n) is 14.2. The molecule has 2 rings (SSSR count). The molecular weight excluding hydrogens is 352 g/mol. The fourth-order valence-electron chi connectivity index (χ4n) is 3.17. The van der Waals surface area contributed by atoms with Crippen molar-refractivity contribution < 1.29 is 16.8 Å². The first-order chi connectivity index (χ1) is 11.4. The van der Waals surface area contributed by atoms with Gasteiger partial charge in [-0.05, 0) is 77.8 Å². The predicted octanol–water partition coefficient (Wildman–Crippen LogP) is -0.288. The van der Waals surface area contributed by atoms with Crippen LogP contribution in [0.25, 0.3) is 0 Å². The standard InChI is InChI=1S/C14H30N4O4S2/c19-23(20,15-7-5-13-17-9-1-2-10-17)24(21,22)16-8-6-14-18-11-3-4-12-18/h15-16H,1-14H2. The van der Waals surface area contributed by atoms with Gasteiger partial charge in [-0.2, -0.15) is 16.8 Å². The monoisotopic (exact) mass is 382 g/mol. The number of nitrogens with zero attached hydrogens (tertiary/aromatic N) is 2. The third kappa shape index (κ3) is 6.23. The van der Waals surface area contributed by atoms with Crippen molar-refractivity contribution >= 4 is 18.1 Å². The normalized spacial score (nSPS) is 20.8. The molecule has 2 heterocycles. The second kappa shape index (κ2) is 9.44. The van der Waals surface area contributed by atoms with E-state index in [1.165, 1.54) is 25.7 Å². The summed E-state index contributed by atoms with van der Waals surface area (Å²) in [5.74, 6) is 0. The Balaban J connectivity index is 1.64. The summed E-state index contributed by atoms with van der Waals surface area (Å²) in [6.45, 7) is 6.07. The third-order valence-corrected chi connectivity index (χ3v) is 8.68. The molecule has 10 heteroatoms. The summed E-state index contributed by atoms with van der Waals surface area (Å²) in [4.78, 5) is 4.53. The van der Waals surface area contributed by atoms with E-state index < -0.39 is 18.1 Å². The topological polar surface area (TPSA) is 98.8 Å². The maximum atomic E-state index is 11.9. The van der Waals surface area contributed by atoms with E-state index in [1.807, 2.05) is 0 Å². The highest BCUT2D eigenvalue weighted by Crippen LogP contribution is 2.08. The molecule has 0 aliphatic carbocycles. The fraction of sp³-hybridized carbons (Fsp3) is 1.00. The predicted molar refractivity (Wildman–Crippen MR) is 94.4 cm³/mol. The highest BCUT2D eigenvalue weighted by Gasteiger charge is 2.28. The van der Waals surface area contributed by atoms with Gasteiger partial charge in [-0.1, -0.05) is 0 Å². The summed E-state index contributed by atoms with van der Waals surface area (Å²) in [6, 6.07) is 0. The van der Waals surface area contributed by atoms with Crippen LogP contribution < -0.4 is 9.44 Å². The molecule has 142 valence electrons. The molecule has 0 amide bonds. The van der Waals surface area contributed by atoms with Crippen LogP contribution in [0.15, 0.2) is 0 Å². The van der Waals surface area contributed by atoms with Gasteiger partial charge in [-0.25, -0.2) is 9.44 Å². The Morgan fingerprint density at radius 1 is 0.625 bits per heavy atom. The lowest BCUT2D eigenvalue weighted by molar-refractivity contribution is 0.334. The van der Waals surface area contributed by atoms with Crippen LogP contribution in [0.1, 0.15) is 38.5 Å². The summed E-state index contributed by atoms with van der Waals surface area (Å²) in [7, 11) is -8.75. The average molecular weight is 383 g/mol. The summed E-state index contributed by atoms with van der Waals surface area (Å²) in [5, 5.41) is 0. The van der Waals surface area contributed by atoms with Crippen LogP contribution in [-0.2, 0) is 18.1 Å². The van der Waals surface area contributed by atoms with E-state index in [-0.39, 0.29) is 13.1 Å². The molecular formula is C14H30N4O4S2. The number of rotatable bonds is 11. The number of likely N-dealkylation sites (tertiary alicyclic amines) is 2. The minimum absolute atomic E-state index is 0.146. The minimum atomic E-state index is -4.38. The van der Waals surface area contributed by atoms with Crippen molar-refractivity contribution in [1.82, 2.24) is 19.2 Å². The van der Waals surface area contributed by atoms with E-state index in [1.54, 1.807) is 0 Å². The van der Waals surface area contributed by atoms with Crippen molar-refractivity contribution in [2.75, 3.05) is 52.4 Å². The molecule has 2 fully saturated rings. The first kappa shape index (κ1) is 20.1. The molecule has 2 saturated heterocycles. The van der Waals surface area contributed by atoms with Crippen molar-refractivity contribution in [2.24, 2.45) is 0 Å². The van der Waals surface area contributed by atoms with Crippen molar-refractivity contribution in [3.05, 3.63) is 0 Å². The van der Waals surface area contributed by atoms with E-state index >= 15 is 0 Å². The Kier molecular flexibility index (Phi) is 7.89. The molecule has 0 aromatic carbocycles. The van der Waals surface area contributed by atoms with Crippen LogP contribution in [0.2, 0.25) is 0 Å². The molecule has 8 nitrogen and oxygen atoms in total. The van der Waals surface area contributed by atoms with Gasteiger partial charge in [-0.15, -0.1) is 0 Å². The van der Waals surface area contributed by atoms with Gasteiger partial charge >= 0.3 is 18.1 Å². The first-order valence-corrected chi connectivity index (χ1v) is 12.3. The number of hydrogen-bond acceptors (Lipinski definition) is 6. The molecule has 2 N–H and O–H groups in total. The van der Waals surface area contributed by atoms with Gasteiger partial charge in [0.05, 0.1) is 0 Å². The molecule has 0 aromatic heterocycles. The highest BCUT2D eigenvalue weighted by molar-refractivity contribution is 8.65. The maximum absolute atomic E-state index is 11.9. The van der Waals surface area contributed by atoms with Gasteiger partial charge in [-0.3, -0.25) is 0 Å². The molecule has 2 aliphatic rings. The molecule has 0 saturated carbocycles. The zero-order valence-corrected chi connectivity index (χ0v) is 15.9. The largest absolute Gasteiger partial charge is 0.331 e. The average Bonchev–Trinajstić information content (AvgIpc) is 3.21. The summed E-state index contributed by atoms with van der Waals surface area (Å²) in [5.41, 5.74) is 0. The maximum Gasteiger partial charge on any atom is 0.331 e. The van der Waals surface area contributed by atoms with Crippen molar-refractivity contribution in [3.63, 3.8) is 0 Å². The van der Waals surface area contributed by atoms with Crippen LogP contribution >= 0.6 is 0 Å². The Morgan fingerprint density at radius 2 is 0.958 bits per heavy atom. The van der Waals surface area contributed by atoms with E-state index in [0.717, 1.165) is 39.3 Å². The number of hydrogen-bond donors (Lipinski definition) is 2. The second-order valence-electron chi connectivity index (χ2n) is 6.50. The SMILES string of the molecule is O=S(=O)(NCCCN1CCCC1)S(=O)(=O)NCCCN1CCCC1. The molecule has 0 bridgehead atoms. The van der Waals surface area contributed by atoms with Gasteiger partial charge in [0.2, 0.25) is 0 Å². The Hall–Kier alpha value is -0.260. The zero-order chi connectivity index (χ0) is 17.5. The van der Waals surface area contributed by atoms with Gasteiger partial charge in [0.15, 0.2) is 0 Å². The molecule has 0 aromatic rings. The highest BCUT2D eigenvalue weighted by atomic mass is 33.2. The third-order valence-electron chi connectivity index (χ3n) is 4.55.